The van der Waals surface area contributed by atoms with Crippen LogP contribution in [0, 0.1) is 11.8 Å². The number of ketones is 1. The summed E-state index contributed by atoms with van der Waals surface area (Å²) in [5.74, 6) is 0.409. The Morgan fingerprint density at radius 1 is 0.882 bits per heavy atom. The minimum absolute atomic E-state index is 0.103. The minimum atomic E-state index is -0.731. The van der Waals surface area contributed by atoms with Gasteiger partial charge in [-0.1, -0.05) is 68.4 Å². The van der Waals surface area contributed by atoms with Gasteiger partial charge < -0.3 is 9.47 Å². The highest BCUT2D eigenvalue weighted by Crippen LogP contribution is 2.34. The Bertz CT molecular complexity index is 1340. The molecule has 1 unspecified atom stereocenters. The van der Waals surface area contributed by atoms with Crippen LogP contribution < -0.4 is 4.90 Å². The number of fused-ring (bicyclic) bond motifs is 2. The Morgan fingerprint density at radius 2 is 1.59 bits per heavy atom. The summed E-state index contributed by atoms with van der Waals surface area (Å²) in [5.41, 5.74) is 4.26. The number of nitrogens with zero attached hydrogens (tertiary/aromatic N) is 3. The van der Waals surface area contributed by atoms with Gasteiger partial charge in [0.25, 0.3) is 0 Å². The maximum Gasteiger partial charge on any atom is 0.238 e. The lowest BCUT2D eigenvalue weighted by Crippen LogP contribution is -2.45. The Labute approximate surface area is 200 Å². The molecule has 3 aromatic carbocycles. The summed E-state index contributed by atoms with van der Waals surface area (Å²) in [4.78, 5) is 33.8. The summed E-state index contributed by atoms with van der Waals surface area (Å²) in [7, 11) is 0. The number of aromatic nitrogens is 2. The zero-order valence-corrected chi connectivity index (χ0v) is 19.6. The Balaban J connectivity index is 1.54. The van der Waals surface area contributed by atoms with Crippen LogP contribution in [0.4, 0.5) is 5.69 Å². The number of amides is 1. The van der Waals surface area contributed by atoms with Crippen molar-refractivity contribution in [3.8, 4) is 0 Å². The first kappa shape index (κ1) is 22.1. The fourth-order valence-electron chi connectivity index (χ4n) is 4.74. The van der Waals surface area contributed by atoms with E-state index in [1.807, 2.05) is 72.8 Å². The molecule has 2 heterocycles. The second kappa shape index (κ2) is 9.26. The van der Waals surface area contributed by atoms with Crippen LogP contribution in [0.15, 0.2) is 78.9 Å². The third-order valence-corrected chi connectivity index (χ3v) is 6.59. The van der Waals surface area contributed by atoms with Crippen molar-refractivity contribution in [2.45, 2.75) is 39.8 Å². The highest BCUT2D eigenvalue weighted by atomic mass is 16.2. The SMILES string of the molecule is CC(C)CCn1c(CN2C(=O)C(Cc3ccccc3)C(=O)c3ccccc32)nc2ccccc21. The minimum Gasteiger partial charge on any atom is -0.326 e. The normalized spacial score (nSPS) is 15.9. The van der Waals surface area contributed by atoms with E-state index < -0.39 is 5.92 Å². The molecular weight excluding hydrogens is 422 g/mol. The molecule has 0 spiro atoms. The molecule has 34 heavy (non-hydrogen) atoms. The van der Waals surface area contributed by atoms with Crippen LogP contribution in [-0.2, 0) is 24.3 Å². The maximum absolute atomic E-state index is 13.8. The third-order valence-electron chi connectivity index (χ3n) is 6.59. The van der Waals surface area contributed by atoms with E-state index in [1.165, 1.54) is 0 Å². The largest absolute Gasteiger partial charge is 0.326 e. The van der Waals surface area contributed by atoms with Gasteiger partial charge in [-0.15, -0.1) is 0 Å². The van der Waals surface area contributed by atoms with Crippen molar-refractivity contribution >= 4 is 28.4 Å². The molecule has 5 heteroatoms. The standard InChI is InChI=1S/C29H29N3O2/c1-20(2)16-17-31-26-15-9-7-13-24(26)30-27(31)19-32-25-14-8-6-12-22(25)28(33)23(29(32)34)18-21-10-4-3-5-11-21/h3-15,20,23H,16-19H2,1-2H3. The van der Waals surface area contributed by atoms with Crippen molar-refractivity contribution in [1.29, 1.82) is 0 Å². The lowest BCUT2D eigenvalue weighted by Gasteiger charge is -2.33. The molecule has 0 radical (unpaired) electrons. The van der Waals surface area contributed by atoms with Crippen molar-refractivity contribution in [2.24, 2.45) is 11.8 Å². The number of carbonyl (C=O) groups is 2. The topological polar surface area (TPSA) is 55.2 Å². The number of rotatable bonds is 7. The molecule has 1 aliphatic heterocycles. The summed E-state index contributed by atoms with van der Waals surface area (Å²) >= 11 is 0. The van der Waals surface area contributed by atoms with Crippen LogP contribution in [0.5, 0.6) is 0 Å². The van der Waals surface area contributed by atoms with Crippen LogP contribution in [0.2, 0.25) is 0 Å². The molecular formula is C29H29N3O2. The number of para-hydroxylation sites is 3. The van der Waals surface area contributed by atoms with Crippen LogP contribution in [0.3, 0.4) is 0 Å². The van der Waals surface area contributed by atoms with Crippen molar-refractivity contribution in [2.75, 3.05) is 4.90 Å². The molecule has 1 aromatic heterocycles. The monoisotopic (exact) mass is 451 g/mol. The summed E-state index contributed by atoms with van der Waals surface area (Å²) in [6, 6.07) is 25.3. The van der Waals surface area contributed by atoms with Gasteiger partial charge in [0, 0.05) is 12.1 Å². The van der Waals surface area contributed by atoms with Crippen molar-refractivity contribution in [1.82, 2.24) is 9.55 Å². The van der Waals surface area contributed by atoms with Crippen molar-refractivity contribution in [3.05, 3.63) is 95.8 Å². The number of Topliss-reactive ketones (excluding diaryl/α,β-unsaturated/α-hetero) is 1. The second-order valence-corrected chi connectivity index (χ2v) is 9.40. The average Bonchev–Trinajstić information content (AvgIpc) is 3.20. The molecule has 0 saturated heterocycles. The molecule has 0 aliphatic carbocycles. The summed E-state index contributed by atoms with van der Waals surface area (Å²) < 4.78 is 2.23. The molecule has 172 valence electrons. The first-order valence-electron chi connectivity index (χ1n) is 12.0. The van der Waals surface area contributed by atoms with Gasteiger partial charge in [-0.25, -0.2) is 4.98 Å². The molecule has 0 bridgehead atoms. The van der Waals surface area contributed by atoms with Crippen LogP contribution in [0.25, 0.3) is 11.0 Å². The molecule has 1 aliphatic rings. The summed E-state index contributed by atoms with van der Waals surface area (Å²) in [6.07, 6.45) is 1.42. The lowest BCUT2D eigenvalue weighted by atomic mass is 9.85. The Kier molecular flexibility index (Phi) is 6.01. The van der Waals surface area contributed by atoms with E-state index in [0.717, 1.165) is 35.4 Å². The number of anilines is 1. The van der Waals surface area contributed by atoms with Crippen molar-refractivity contribution in [3.63, 3.8) is 0 Å². The first-order chi connectivity index (χ1) is 16.5. The van der Waals surface area contributed by atoms with Gasteiger partial charge in [0.15, 0.2) is 5.78 Å². The van der Waals surface area contributed by atoms with Crippen molar-refractivity contribution < 1.29 is 9.59 Å². The summed E-state index contributed by atoms with van der Waals surface area (Å²) in [6.45, 7) is 5.59. The maximum atomic E-state index is 13.8. The molecule has 5 rings (SSSR count). The molecule has 0 fully saturated rings. The van der Waals surface area contributed by atoms with E-state index in [4.69, 9.17) is 4.98 Å². The van der Waals surface area contributed by atoms with E-state index >= 15 is 0 Å². The molecule has 0 N–H and O–H groups in total. The quantitative estimate of drug-likeness (QED) is 0.340. The van der Waals surface area contributed by atoms with Gasteiger partial charge in [-0.2, -0.15) is 0 Å². The van der Waals surface area contributed by atoms with Gasteiger partial charge >= 0.3 is 0 Å². The van der Waals surface area contributed by atoms with Gasteiger partial charge in [0.2, 0.25) is 5.91 Å². The van der Waals surface area contributed by atoms with Crippen LogP contribution >= 0.6 is 0 Å². The number of carbonyl (C=O) groups excluding carboxylic acids is 2. The molecule has 5 nitrogen and oxygen atoms in total. The van der Waals surface area contributed by atoms with E-state index in [9.17, 15) is 9.59 Å². The van der Waals surface area contributed by atoms with Gasteiger partial charge in [0.1, 0.15) is 11.7 Å². The third kappa shape index (κ3) is 4.14. The highest BCUT2D eigenvalue weighted by molar-refractivity contribution is 6.21. The smallest absolute Gasteiger partial charge is 0.238 e. The Morgan fingerprint density at radius 3 is 2.38 bits per heavy atom. The molecule has 1 amide bonds. The zero-order chi connectivity index (χ0) is 23.7. The van der Waals surface area contributed by atoms with E-state index in [-0.39, 0.29) is 11.7 Å². The predicted molar refractivity (Wildman–Crippen MR) is 135 cm³/mol. The van der Waals surface area contributed by atoms with E-state index in [2.05, 4.69) is 24.5 Å². The van der Waals surface area contributed by atoms with Gasteiger partial charge in [-0.3, -0.25) is 9.59 Å². The first-order valence-corrected chi connectivity index (χ1v) is 12.0. The average molecular weight is 452 g/mol. The number of aryl methyl sites for hydroxylation is 1. The number of benzene rings is 3. The molecule has 4 aromatic rings. The fraction of sp³-hybridized carbons (Fsp3) is 0.276. The van der Waals surface area contributed by atoms with Crippen LogP contribution in [-0.4, -0.2) is 21.2 Å². The lowest BCUT2D eigenvalue weighted by molar-refractivity contribution is -0.121. The predicted octanol–water partition coefficient (Wildman–Crippen LogP) is 5.67. The van der Waals surface area contributed by atoms with E-state index in [1.54, 1.807) is 4.90 Å². The Hall–Kier alpha value is -3.73. The number of imidazole rings is 1. The summed E-state index contributed by atoms with van der Waals surface area (Å²) in [5, 5.41) is 0. The second-order valence-electron chi connectivity index (χ2n) is 9.40. The van der Waals surface area contributed by atoms with E-state index in [0.29, 0.717) is 30.1 Å². The van der Waals surface area contributed by atoms with Gasteiger partial charge in [-0.05, 0) is 48.6 Å². The molecule has 0 saturated carbocycles. The number of hydrogen-bond donors (Lipinski definition) is 0. The van der Waals surface area contributed by atoms with Crippen LogP contribution in [0.1, 0.15) is 42.0 Å². The zero-order valence-electron chi connectivity index (χ0n) is 19.6. The molecule has 1 atom stereocenters. The highest BCUT2D eigenvalue weighted by Gasteiger charge is 2.39. The van der Waals surface area contributed by atoms with Gasteiger partial charge in [0.05, 0.1) is 23.3 Å². The fourth-order valence-corrected chi connectivity index (χ4v) is 4.74. The number of hydrogen-bond acceptors (Lipinski definition) is 3.